The number of nitrogens with zero attached hydrogens (tertiary/aromatic N) is 3. The number of benzene rings is 1. The highest BCUT2D eigenvalue weighted by Gasteiger charge is 2.35. The van der Waals surface area contributed by atoms with Crippen LogP contribution in [0.5, 0.6) is 5.75 Å². The van der Waals surface area contributed by atoms with Gasteiger partial charge in [-0.2, -0.15) is 0 Å². The van der Waals surface area contributed by atoms with Gasteiger partial charge in [-0.3, -0.25) is 19.5 Å². The van der Waals surface area contributed by atoms with E-state index in [-0.39, 0.29) is 24.4 Å². The van der Waals surface area contributed by atoms with Gasteiger partial charge >= 0.3 is 0 Å². The molecule has 1 atom stereocenters. The highest BCUT2D eigenvalue weighted by molar-refractivity contribution is 6.03. The Labute approximate surface area is 171 Å². The second-order valence-electron chi connectivity index (χ2n) is 7.98. The monoisotopic (exact) mass is 393 g/mol. The Balaban J connectivity index is 1.60. The minimum Gasteiger partial charge on any atom is -0.479 e. The first kappa shape index (κ1) is 19.4. The number of hydrogen-bond donors (Lipinski definition) is 0. The van der Waals surface area contributed by atoms with Crippen molar-refractivity contribution in [1.82, 2.24) is 9.88 Å². The highest BCUT2D eigenvalue weighted by atomic mass is 16.5. The molecule has 1 saturated carbocycles. The topological polar surface area (TPSA) is 62.7 Å². The fourth-order valence-electron chi connectivity index (χ4n) is 4.23. The molecule has 6 heteroatoms. The van der Waals surface area contributed by atoms with Crippen LogP contribution in [0.3, 0.4) is 0 Å². The SMILES string of the molecule is Cc1ccc2c(c1)N(CC(=O)N(Cc1cccnc1)C1CCCC1)C(=O)C(C)O2. The molecule has 152 valence electrons. The van der Waals surface area contributed by atoms with Gasteiger partial charge in [0.05, 0.1) is 5.69 Å². The first-order valence-corrected chi connectivity index (χ1v) is 10.3. The molecule has 0 spiro atoms. The third kappa shape index (κ3) is 4.11. The number of aromatic nitrogens is 1. The average Bonchev–Trinajstić information content (AvgIpc) is 3.25. The van der Waals surface area contributed by atoms with E-state index in [4.69, 9.17) is 4.74 Å². The number of pyridine rings is 1. The van der Waals surface area contributed by atoms with E-state index in [1.807, 2.05) is 42.2 Å². The summed E-state index contributed by atoms with van der Waals surface area (Å²) >= 11 is 0. The van der Waals surface area contributed by atoms with Crippen molar-refractivity contribution in [3.05, 3.63) is 53.9 Å². The zero-order valence-corrected chi connectivity index (χ0v) is 17.0. The van der Waals surface area contributed by atoms with Crippen molar-refractivity contribution >= 4 is 17.5 Å². The Morgan fingerprint density at radius 2 is 2.07 bits per heavy atom. The summed E-state index contributed by atoms with van der Waals surface area (Å²) in [4.78, 5) is 34.0. The highest BCUT2D eigenvalue weighted by Crippen LogP contribution is 2.35. The lowest BCUT2D eigenvalue weighted by Gasteiger charge is -2.36. The number of aryl methyl sites for hydroxylation is 1. The maximum atomic E-state index is 13.4. The molecule has 2 heterocycles. The van der Waals surface area contributed by atoms with Gasteiger partial charge in [0.2, 0.25) is 5.91 Å². The van der Waals surface area contributed by atoms with Crippen LogP contribution in [0.2, 0.25) is 0 Å². The van der Waals surface area contributed by atoms with E-state index in [1.165, 1.54) is 0 Å². The normalized spacial score (nSPS) is 19.0. The Hall–Kier alpha value is -2.89. The molecule has 1 fully saturated rings. The third-order valence-electron chi connectivity index (χ3n) is 5.78. The fraction of sp³-hybridized carbons (Fsp3) is 0.435. The van der Waals surface area contributed by atoms with E-state index < -0.39 is 6.10 Å². The molecule has 2 amide bonds. The van der Waals surface area contributed by atoms with Gasteiger partial charge in [-0.1, -0.05) is 25.0 Å². The van der Waals surface area contributed by atoms with Crippen LogP contribution < -0.4 is 9.64 Å². The predicted molar refractivity (Wildman–Crippen MR) is 111 cm³/mol. The summed E-state index contributed by atoms with van der Waals surface area (Å²) in [6.45, 7) is 4.24. The van der Waals surface area contributed by atoms with Gasteiger partial charge in [0.15, 0.2) is 6.10 Å². The molecule has 1 unspecified atom stereocenters. The quantitative estimate of drug-likeness (QED) is 0.780. The molecule has 4 rings (SSSR count). The number of fused-ring (bicyclic) bond motifs is 1. The molecule has 2 aliphatic rings. The number of hydrogen-bond acceptors (Lipinski definition) is 4. The van der Waals surface area contributed by atoms with Gasteiger partial charge in [-0.05, 0) is 56.0 Å². The Morgan fingerprint density at radius 1 is 1.28 bits per heavy atom. The summed E-state index contributed by atoms with van der Waals surface area (Å²) < 4.78 is 5.74. The van der Waals surface area contributed by atoms with E-state index in [0.717, 1.165) is 36.8 Å². The fourth-order valence-corrected chi connectivity index (χ4v) is 4.23. The summed E-state index contributed by atoms with van der Waals surface area (Å²) in [5.41, 5.74) is 2.70. The van der Waals surface area contributed by atoms with Gasteiger partial charge in [0.1, 0.15) is 12.3 Å². The minimum absolute atomic E-state index is 0.0275. The van der Waals surface area contributed by atoms with E-state index in [1.54, 1.807) is 24.2 Å². The third-order valence-corrected chi connectivity index (χ3v) is 5.78. The van der Waals surface area contributed by atoms with Crippen LogP contribution >= 0.6 is 0 Å². The van der Waals surface area contributed by atoms with E-state index in [2.05, 4.69) is 4.98 Å². The maximum Gasteiger partial charge on any atom is 0.268 e. The van der Waals surface area contributed by atoms with E-state index in [9.17, 15) is 9.59 Å². The van der Waals surface area contributed by atoms with Gasteiger partial charge in [-0.25, -0.2) is 0 Å². The zero-order valence-electron chi connectivity index (χ0n) is 17.0. The molecule has 6 nitrogen and oxygen atoms in total. The van der Waals surface area contributed by atoms with Crippen LogP contribution in [0.1, 0.15) is 43.7 Å². The van der Waals surface area contributed by atoms with Crippen LogP contribution in [0.4, 0.5) is 5.69 Å². The zero-order chi connectivity index (χ0) is 20.4. The molecule has 29 heavy (non-hydrogen) atoms. The first-order chi connectivity index (χ1) is 14.0. The van der Waals surface area contributed by atoms with Crippen molar-refractivity contribution in [2.45, 2.75) is 58.2 Å². The summed E-state index contributed by atoms with van der Waals surface area (Å²) in [6, 6.07) is 9.83. The van der Waals surface area contributed by atoms with Crippen molar-refractivity contribution in [1.29, 1.82) is 0 Å². The number of amides is 2. The minimum atomic E-state index is -0.601. The van der Waals surface area contributed by atoms with Crippen molar-refractivity contribution < 1.29 is 14.3 Å². The lowest BCUT2D eigenvalue weighted by Crippen LogP contribution is -2.51. The molecule has 1 aliphatic heterocycles. The van der Waals surface area contributed by atoms with Gasteiger partial charge in [-0.15, -0.1) is 0 Å². The van der Waals surface area contributed by atoms with E-state index >= 15 is 0 Å². The first-order valence-electron chi connectivity index (χ1n) is 10.3. The van der Waals surface area contributed by atoms with Crippen LogP contribution in [-0.4, -0.2) is 40.4 Å². The number of carbonyl (C=O) groups is 2. The Bertz CT molecular complexity index is 893. The second kappa shape index (κ2) is 8.23. The van der Waals surface area contributed by atoms with Gasteiger partial charge < -0.3 is 9.64 Å². The smallest absolute Gasteiger partial charge is 0.268 e. The number of anilines is 1. The van der Waals surface area contributed by atoms with Gasteiger partial charge in [0, 0.05) is 25.0 Å². The standard InChI is InChI=1S/C23H27N3O3/c1-16-9-10-21-20(12-16)26(23(28)17(2)29-21)15-22(27)25(19-7-3-4-8-19)14-18-6-5-11-24-13-18/h5-6,9-13,17,19H,3-4,7-8,14-15H2,1-2H3. The number of ether oxygens (including phenoxy) is 1. The number of carbonyl (C=O) groups excluding carboxylic acids is 2. The molecule has 1 aromatic carbocycles. The largest absolute Gasteiger partial charge is 0.479 e. The van der Waals surface area contributed by atoms with Crippen LogP contribution in [0.15, 0.2) is 42.7 Å². The Morgan fingerprint density at radius 3 is 2.79 bits per heavy atom. The van der Waals surface area contributed by atoms with Crippen LogP contribution in [0, 0.1) is 6.92 Å². The average molecular weight is 393 g/mol. The summed E-state index contributed by atoms with van der Waals surface area (Å²) in [5.74, 6) is 0.440. The lowest BCUT2D eigenvalue weighted by molar-refractivity contribution is -0.135. The number of rotatable bonds is 5. The molecule has 1 aromatic heterocycles. The molecule has 0 radical (unpaired) electrons. The van der Waals surface area contributed by atoms with Crippen molar-refractivity contribution in [3.63, 3.8) is 0 Å². The molecule has 2 aromatic rings. The van der Waals surface area contributed by atoms with Crippen molar-refractivity contribution in [3.8, 4) is 5.75 Å². The van der Waals surface area contributed by atoms with Gasteiger partial charge in [0.25, 0.3) is 5.91 Å². The van der Waals surface area contributed by atoms with Crippen molar-refractivity contribution in [2.24, 2.45) is 0 Å². The van der Waals surface area contributed by atoms with E-state index in [0.29, 0.717) is 18.0 Å². The second-order valence-corrected chi connectivity index (χ2v) is 7.98. The van der Waals surface area contributed by atoms with Crippen LogP contribution in [-0.2, 0) is 16.1 Å². The summed E-state index contributed by atoms with van der Waals surface area (Å²) in [5, 5.41) is 0. The Kier molecular flexibility index (Phi) is 5.51. The van der Waals surface area contributed by atoms with Crippen LogP contribution in [0.25, 0.3) is 0 Å². The molecular formula is C23H27N3O3. The molecule has 1 aliphatic carbocycles. The summed E-state index contributed by atoms with van der Waals surface area (Å²) in [6.07, 6.45) is 7.23. The molecule has 0 N–H and O–H groups in total. The van der Waals surface area contributed by atoms with Crippen molar-refractivity contribution in [2.75, 3.05) is 11.4 Å². The molecule has 0 bridgehead atoms. The molecular weight excluding hydrogens is 366 g/mol. The molecule has 0 saturated heterocycles. The summed E-state index contributed by atoms with van der Waals surface area (Å²) in [7, 11) is 0. The lowest BCUT2D eigenvalue weighted by atomic mass is 10.1. The maximum absolute atomic E-state index is 13.4. The predicted octanol–water partition coefficient (Wildman–Crippen LogP) is 3.48.